The molecule has 0 radical (unpaired) electrons. The summed E-state index contributed by atoms with van der Waals surface area (Å²) in [6.45, 7) is 11.8. The van der Waals surface area contributed by atoms with Gasteiger partial charge in [-0.1, -0.05) is 32.9 Å². The van der Waals surface area contributed by atoms with Crippen LogP contribution in [0.5, 0.6) is 0 Å². The van der Waals surface area contributed by atoms with Crippen molar-refractivity contribution in [3.8, 4) is 0 Å². The van der Waals surface area contributed by atoms with Gasteiger partial charge in [0, 0.05) is 17.6 Å². The molecule has 2 N–H and O–H groups in total. The largest absolute Gasteiger partial charge is 0.399 e. The van der Waals surface area contributed by atoms with E-state index in [4.69, 9.17) is 10.7 Å². The van der Waals surface area contributed by atoms with Crippen molar-refractivity contribution < 1.29 is 0 Å². The minimum atomic E-state index is -0.00532. The van der Waals surface area contributed by atoms with Crippen LogP contribution in [0.2, 0.25) is 0 Å². The Kier molecular flexibility index (Phi) is 3.67. The maximum Gasteiger partial charge on any atom is 0.115 e. The fourth-order valence-corrected chi connectivity index (χ4v) is 2.92. The van der Waals surface area contributed by atoms with Crippen LogP contribution in [0.25, 0.3) is 11.0 Å². The molecule has 1 heterocycles. The second kappa shape index (κ2) is 5.41. The van der Waals surface area contributed by atoms with Crippen molar-refractivity contribution in [1.82, 2.24) is 9.55 Å². The van der Waals surface area contributed by atoms with Crippen LogP contribution in [-0.4, -0.2) is 9.55 Å². The van der Waals surface area contributed by atoms with Gasteiger partial charge in [0.25, 0.3) is 0 Å². The van der Waals surface area contributed by atoms with Crippen LogP contribution in [0.4, 0.5) is 5.69 Å². The van der Waals surface area contributed by atoms with E-state index in [0.29, 0.717) is 0 Å². The first-order valence-corrected chi connectivity index (χ1v) is 8.08. The highest BCUT2D eigenvalue weighted by Crippen LogP contribution is 2.29. The maximum absolute atomic E-state index is 5.81. The zero-order chi connectivity index (χ0) is 16.8. The summed E-state index contributed by atoms with van der Waals surface area (Å²) >= 11 is 0. The third-order valence-corrected chi connectivity index (χ3v) is 4.35. The Labute approximate surface area is 138 Å². The van der Waals surface area contributed by atoms with Crippen molar-refractivity contribution in [2.75, 3.05) is 5.73 Å². The number of hydrogen-bond acceptors (Lipinski definition) is 2. The average molecular weight is 307 g/mol. The first-order valence-electron chi connectivity index (χ1n) is 8.08. The zero-order valence-electron chi connectivity index (χ0n) is 14.6. The summed E-state index contributed by atoms with van der Waals surface area (Å²) in [6.07, 6.45) is 0. The molecule has 0 aliphatic rings. The van der Waals surface area contributed by atoms with Crippen LogP contribution < -0.4 is 5.73 Å². The van der Waals surface area contributed by atoms with Gasteiger partial charge in [-0.15, -0.1) is 0 Å². The summed E-state index contributed by atoms with van der Waals surface area (Å²) in [5.74, 6) is 1.12. The molecular formula is C20H25N3. The summed E-state index contributed by atoms with van der Waals surface area (Å²) in [6, 6.07) is 12.5. The van der Waals surface area contributed by atoms with Crippen LogP contribution in [0.1, 0.15) is 43.3 Å². The minimum absolute atomic E-state index is 0.00532. The number of aromatic nitrogens is 2. The number of hydrogen-bond donors (Lipinski definition) is 1. The molecule has 0 spiro atoms. The predicted molar refractivity (Wildman–Crippen MR) is 97.9 cm³/mol. The predicted octanol–water partition coefficient (Wildman–Crippen LogP) is 4.58. The first-order chi connectivity index (χ1) is 10.8. The van der Waals surface area contributed by atoms with E-state index in [1.165, 1.54) is 22.2 Å². The molecule has 0 aliphatic heterocycles. The monoisotopic (exact) mass is 307 g/mol. The highest BCUT2D eigenvalue weighted by atomic mass is 15.1. The SMILES string of the molecule is Cc1cc2nc(C(C)(C)C)n(Cc3ccc(N)cc3)c2cc1C. The summed E-state index contributed by atoms with van der Waals surface area (Å²) in [5, 5.41) is 0. The summed E-state index contributed by atoms with van der Waals surface area (Å²) in [4.78, 5) is 4.94. The van der Waals surface area contributed by atoms with Crippen LogP contribution in [-0.2, 0) is 12.0 Å². The fraction of sp³-hybridized carbons (Fsp3) is 0.350. The van der Waals surface area contributed by atoms with Gasteiger partial charge in [-0.05, 0) is 54.8 Å². The molecule has 3 aromatic rings. The number of anilines is 1. The number of aryl methyl sites for hydroxylation is 2. The minimum Gasteiger partial charge on any atom is -0.399 e. The normalized spacial score (nSPS) is 12.0. The van der Waals surface area contributed by atoms with Gasteiger partial charge in [-0.3, -0.25) is 0 Å². The summed E-state index contributed by atoms with van der Waals surface area (Å²) in [5.41, 5.74) is 12.7. The summed E-state index contributed by atoms with van der Waals surface area (Å²) < 4.78 is 2.34. The van der Waals surface area contributed by atoms with E-state index >= 15 is 0 Å². The molecule has 0 saturated carbocycles. The molecule has 3 heteroatoms. The van der Waals surface area contributed by atoms with E-state index in [0.717, 1.165) is 23.6 Å². The lowest BCUT2D eigenvalue weighted by Crippen LogP contribution is -2.19. The lowest BCUT2D eigenvalue weighted by Gasteiger charge is -2.20. The Morgan fingerprint density at radius 2 is 1.61 bits per heavy atom. The molecule has 23 heavy (non-hydrogen) atoms. The highest BCUT2D eigenvalue weighted by Gasteiger charge is 2.23. The standard InChI is InChI=1S/C20H25N3/c1-13-10-17-18(11-14(13)2)23(19(22-17)20(3,4)5)12-15-6-8-16(21)9-7-15/h6-11H,12,21H2,1-5H3. The number of rotatable bonds is 2. The Morgan fingerprint density at radius 3 is 2.22 bits per heavy atom. The molecule has 120 valence electrons. The molecule has 0 bridgehead atoms. The number of benzene rings is 2. The van der Waals surface area contributed by atoms with Crippen molar-refractivity contribution in [1.29, 1.82) is 0 Å². The molecular weight excluding hydrogens is 282 g/mol. The molecule has 2 aromatic carbocycles. The highest BCUT2D eigenvalue weighted by molar-refractivity contribution is 5.78. The summed E-state index contributed by atoms with van der Waals surface area (Å²) in [7, 11) is 0. The number of nitrogens with zero attached hydrogens (tertiary/aromatic N) is 2. The van der Waals surface area contributed by atoms with Gasteiger partial charge < -0.3 is 10.3 Å². The molecule has 0 saturated heterocycles. The van der Waals surface area contributed by atoms with Crippen molar-refractivity contribution in [3.05, 3.63) is 58.9 Å². The van der Waals surface area contributed by atoms with E-state index < -0.39 is 0 Å². The van der Waals surface area contributed by atoms with Crippen molar-refractivity contribution in [2.24, 2.45) is 0 Å². The van der Waals surface area contributed by atoms with Gasteiger partial charge in [0.2, 0.25) is 0 Å². The number of nitrogens with two attached hydrogens (primary N) is 1. The smallest absolute Gasteiger partial charge is 0.115 e. The van der Waals surface area contributed by atoms with Crippen LogP contribution in [0.3, 0.4) is 0 Å². The van der Waals surface area contributed by atoms with E-state index in [1.54, 1.807) is 0 Å². The topological polar surface area (TPSA) is 43.8 Å². The van der Waals surface area contributed by atoms with Crippen LogP contribution in [0, 0.1) is 13.8 Å². The second-order valence-corrected chi connectivity index (χ2v) is 7.44. The van der Waals surface area contributed by atoms with Crippen molar-refractivity contribution in [3.63, 3.8) is 0 Å². The molecule has 1 aromatic heterocycles. The number of imidazole rings is 1. The molecule has 0 aliphatic carbocycles. The molecule has 0 amide bonds. The second-order valence-electron chi connectivity index (χ2n) is 7.44. The van der Waals surface area contributed by atoms with E-state index in [1.807, 2.05) is 12.1 Å². The first kappa shape index (κ1) is 15.6. The molecule has 3 rings (SSSR count). The van der Waals surface area contributed by atoms with Gasteiger partial charge in [-0.2, -0.15) is 0 Å². The van der Waals surface area contributed by atoms with E-state index in [2.05, 4.69) is 63.5 Å². The third-order valence-electron chi connectivity index (χ3n) is 4.35. The van der Waals surface area contributed by atoms with Crippen molar-refractivity contribution >= 4 is 16.7 Å². The van der Waals surface area contributed by atoms with Crippen LogP contribution >= 0.6 is 0 Å². The van der Waals surface area contributed by atoms with Crippen molar-refractivity contribution in [2.45, 2.75) is 46.6 Å². The van der Waals surface area contributed by atoms with Gasteiger partial charge in [-0.25, -0.2) is 4.98 Å². The Bertz CT molecular complexity index is 849. The number of nitrogen functional groups attached to an aromatic ring is 1. The third kappa shape index (κ3) is 2.96. The van der Waals surface area contributed by atoms with Gasteiger partial charge in [0.05, 0.1) is 11.0 Å². The molecule has 0 atom stereocenters. The lowest BCUT2D eigenvalue weighted by molar-refractivity contribution is 0.516. The lowest BCUT2D eigenvalue weighted by atomic mass is 9.95. The fourth-order valence-electron chi connectivity index (χ4n) is 2.92. The Morgan fingerprint density at radius 1 is 1.00 bits per heavy atom. The molecule has 0 unspecified atom stereocenters. The quantitative estimate of drug-likeness (QED) is 0.704. The molecule has 0 fully saturated rings. The Balaban J connectivity index is 2.19. The van der Waals surface area contributed by atoms with E-state index in [9.17, 15) is 0 Å². The van der Waals surface area contributed by atoms with Crippen LogP contribution in [0.15, 0.2) is 36.4 Å². The van der Waals surface area contributed by atoms with Gasteiger partial charge in [0.15, 0.2) is 0 Å². The van der Waals surface area contributed by atoms with Gasteiger partial charge in [0.1, 0.15) is 5.82 Å². The number of fused-ring (bicyclic) bond motifs is 1. The average Bonchev–Trinajstić information content (AvgIpc) is 2.80. The zero-order valence-corrected chi connectivity index (χ0v) is 14.6. The van der Waals surface area contributed by atoms with E-state index in [-0.39, 0.29) is 5.41 Å². The molecule has 3 nitrogen and oxygen atoms in total. The maximum atomic E-state index is 5.81. The Hall–Kier alpha value is -2.29. The van der Waals surface area contributed by atoms with Gasteiger partial charge >= 0.3 is 0 Å².